The summed E-state index contributed by atoms with van der Waals surface area (Å²) in [6.07, 6.45) is 49.6. The first-order valence-corrected chi connectivity index (χ1v) is 26.4. The first-order valence-electron chi connectivity index (χ1n) is 26.4. The van der Waals surface area contributed by atoms with Gasteiger partial charge < -0.3 is 14.2 Å². The van der Waals surface area contributed by atoms with Crippen LogP contribution in [0.5, 0.6) is 0 Å². The maximum absolute atomic E-state index is 12.7. The molecular weight excluding hydrogens is 733 g/mol. The van der Waals surface area contributed by atoms with Gasteiger partial charge in [0.25, 0.3) is 0 Å². The summed E-state index contributed by atoms with van der Waals surface area (Å²) >= 11 is 0. The number of esters is 3. The molecule has 0 amide bonds. The fraction of sp³-hybridized carbons (Fsp3) is 0.943. The van der Waals surface area contributed by atoms with E-state index in [2.05, 4.69) is 27.7 Å². The van der Waals surface area contributed by atoms with Gasteiger partial charge in [-0.25, -0.2) is 0 Å². The van der Waals surface area contributed by atoms with E-state index < -0.39 is 6.10 Å². The van der Waals surface area contributed by atoms with Crippen LogP contribution in [0.2, 0.25) is 0 Å². The summed E-state index contributed by atoms with van der Waals surface area (Å²) in [5.74, 6) is -0.0538. The molecule has 0 rings (SSSR count). The number of hydrogen-bond acceptors (Lipinski definition) is 6. The van der Waals surface area contributed by atoms with Gasteiger partial charge in [0, 0.05) is 19.3 Å². The molecule has 0 N–H and O–H groups in total. The van der Waals surface area contributed by atoms with E-state index in [-0.39, 0.29) is 31.1 Å². The summed E-state index contributed by atoms with van der Waals surface area (Å²) in [4.78, 5) is 37.9. The number of unbranched alkanes of at least 4 members (excludes halogenated alkanes) is 35. The average molecular weight is 835 g/mol. The molecule has 0 radical (unpaired) electrons. The molecule has 0 fully saturated rings. The highest BCUT2D eigenvalue weighted by Gasteiger charge is 2.19. The Bertz CT molecular complexity index is 887. The van der Waals surface area contributed by atoms with E-state index in [4.69, 9.17) is 14.2 Å². The number of carbonyl (C=O) groups excluding carboxylic acids is 3. The van der Waals surface area contributed by atoms with Crippen molar-refractivity contribution >= 4 is 17.9 Å². The Labute approximate surface area is 368 Å². The van der Waals surface area contributed by atoms with Crippen LogP contribution in [0.1, 0.15) is 297 Å². The number of ether oxygens (including phenoxy) is 3. The van der Waals surface area contributed by atoms with E-state index in [0.29, 0.717) is 19.3 Å². The highest BCUT2D eigenvalue weighted by molar-refractivity contribution is 5.71. The number of rotatable bonds is 48. The number of carbonyl (C=O) groups is 3. The molecule has 1 atom stereocenters. The summed E-state index contributed by atoms with van der Waals surface area (Å²) in [5, 5.41) is 0. The van der Waals surface area contributed by atoms with Gasteiger partial charge in [0.2, 0.25) is 0 Å². The monoisotopic (exact) mass is 835 g/mol. The highest BCUT2D eigenvalue weighted by Crippen LogP contribution is 2.17. The van der Waals surface area contributed by atoms with Crippen molar-refractivity contribution in [3.63, 3.8) is 0 Å². The lowest BCUT2D eigenvalue weighted by molar-refractivity contribution is -0.167. The SMILES string of the molecule is CCCCCCCCCCCCCCCCCCCCCC(=O)OC[C@H](COC(=O)CCCCCCCCCCCCC)OC(=O)CCCCCCCCCCC(C)C. The Hall–Kier alpha value is -1.59. The van der Waals surface area contributed by atoms with Crippen LogP contribution in [-0.4, -0.2) is 37.2 Å². The van der Waals surface area contributed by atoms with Crippen LogP contribution in [0, 0.1) is 5.92 Å². The fourth-order valence-corrected chi connectivity index (χ4v) is 8.04. The summed E-state index contributed by atoms with van der Waals surface area (Å²) in [6, 6.07) is 0. The molecule has 0 unspecified atom stereocenters. The molecular formula is C53H102O6. The van der Waals surface area contributed by atoms with Crippen molar-refractivity contribution in [3.05, 3.63) is 0 Å². The van der Waals surface area contributed by atoms with Crippen molar-refractivity contribution in [1.29, 1.82) is 0 Å². The van der Waals surface area contributed by atoms with E-state index >= 15 is 0 Å². The Morgan fingerprint density at radius 3 is 0.831 bits per heavy atom. The van der Waals surface area contributed by atoms with E-state index in [9.17, 15) is 14.4 Å². The topological polar surface area (TPSA) is 78.9 Å². The van der Waals surface area contributed by atoms with Gasteiger partial charge in [0.15, 0.2) is 6.10 Å². The van der Waals surface area contributed by atoms with Crippen LogP contribution in [0.3, 0.4) is 0 Å². The van der Waals surface area contributed by atoms with Crippen molar-refractivity contribution in [1.82, 2.24) is 0 Å². The van der Waals surface area contributed by atoms with Crippen LogP contribution in [-0.2, 0) is 28.6 Å². The largest absolute Gasteiger partial charge is 0.462 e. The third-order valence-corrected chi connectivity index (χ3v) is 12.0. The zero-order chi connectivity index (χ0) is 43.1. The van der Waals surface area contributed by atoms with Crippen molar-refractivity contribution in [3.8, 4) is 0 Å². The van der Waals surface area contributed by atoms with Crippen molar-refractivity contribution in [2.75, 3.05) is 13.2 Å². The Morgan fingerprint density at radius 1 is 0.322 bits per heavy atom. The molecule has 0 aromatic rings. The molecule has 59 heavy (non-hydrogen) atoms. The minimum absolute atomic E-state index is 0.0633. The third-order valence-electron chi connectivity index (χ3n) is 12.0. The lowest BCUT2D eigenvalue weighted by Gasteiger charge is -2.18. The van der Waals surface area contributed by atoms with Gasteiger partial charge in [-0.05, 0) is 25.2 Å². The van der Waals surface area contributed by atoms with Gasteiger partial charge in [0.1, 0.15) is 13.2 Å². The number of hydrogen-bond donors (Lipinski definition) is 0. The van der Waals surface area contributed by atoms with Crippen LogP contribution < -0.4 is 0 Å². The summed E-state index contributed by atoms with van der Waals surface area (Å²) in [7, 11) is 0. The van der Waals surface area contributed by atoms with Crippen molar-refractivity contribution < 1.29 is 28.6 Å². The molecule has 0 spiro atoms. The smallest absolute Gasteiger partial charge is 0.306 e. The fourth-order valence-electron chi connectivity index (χ4n) is 8.04. The molecule has 0 bridgehead atoms. The average Bonchev–Trinajstić information content (AvgIpc) is 3.22. The van der Waals surface area contributed by atoms with E-state index in [1.165, 1.54) is 193 Å². The van der Waals surface area contributed by atoms with E-state index in [0.717, 1.165) is 63.7 Å². The molecule has 0 heterocycles. The van der Waals surface area contributed by atoms with Crippen LogP contribution in [0.15, 0.2) is 0 Å². The molecule has 0 aliphatic rings. The zero-order valence-electron chi connectivity index (χ0n) is 40.2. The lowest BCUT2D eigenvalue weighted by Crippen LogP contribution is -2.30. The third kappa shape index (κ3) is 47.3. The van der Waals surface area contributed by atoms with Crippen LogP contribution in [0.4, 0.5) is 0 Å². The molecule has 0 aliphatic heterocycles. The molecule has 6 heteroatoms. The zero-order valence-corrected chi connectivity index (χ0v) is 40.2. The predicted molar refractivity (Wildman–Crippen MR) is 252 cm³/mol. The second-order valence-electron chi connectivity index (χ2n) is 18.6. The van der Waals surface area contributed by atoms with E-state index in [1.807, 2.05) is 0 Å². The normalized spacial score (nSPS) is 11.9. The van der Waals surface area contributed by atoms with Crippen molar-refractivity contribution in [2.45, 2.75) is 303 Å². The molecule has 0 aliphatic carbocycles. The van der Waals surface area contributed by atoms with E-state index in [1.54, 1.807) is 0 Å². The molecule has 6 nitrogen and oxygen atoms in total. The second-order valence-corrected chi connectivity index (χ2v) is 18.6. The maximum Gasteiger partial charge on any atom is 0.306 e. The maximum atomic E-state index is 12.7. The van der Waals surface area contributed by atoms with Gasteiger partial charge in [0.05, 0.1) is 0 Å². The minimum atomic E-state index is -0.760. The minimum Gasteiger partial charge on any atom is -0.462 e. The summed E-state index contributed by atoms with van der Waals surface area (Å²) in [6.45, 7) is 8.99. The first kappa shape index (κ1) is 57.4. The lowest BCUT2D eigenvalue weighted by atomic mass is 10.0. The van der Waals surface area contributed by atoms with Gasteiger partial charge in [-0.3, -0.25) is 14.4 Å². The molecule has 0 saturated carbocycles. The predicted octanol–water partition coefficient (Wildman–Crippen LogP) is 17.1. The molecule has 0 aromatic carbocycles. The summed E-state index contributed by atoms with van der Waals surface area (Å²) < 4.78 is 16.8. The van der Waals surface area contributed by atoms with Crippen LogP contribution >= 0.6 is 0 Å². The molecule has 350 valence electrons. The van der Waals surface area contributed by atoms with Crippen LogP contribution in [0.25, 0.3) is 0 Å². The quantitative estimate of drug-likeness (QED) is 0.0345. The molecule has 0 saturated heterocycles. The Morgan fingerprint density at radius 2 is 0.559 bits per heavy atom. The molecule has 0 aromatic heterocycles. The van der Waals surface area contributed by atoms with Crippen molar-refractivity contribution in [2.24, 2.45) is 5.92 Å². The van der Waals surface area contributed by atoms with Gasteiger partial charge in [-0.1, -0.05) is 259 Å². The van der Waals surface area contributed by atoms with Gasteiger partial charge in [-0.15, -0.1) is 0 Å². The Kier molecular flexibility index (Phi) is 46.2. The summed E-state index contributed by atoms with van der Waals surface area (Å²) in [5.41, 5.74) is 0. The Balaban J connectivity index is 4.22. The van der Waals surface area contributed by atoms with Gasteiger partial charge in [-0.2, -0.15) is 0 Å². The standard InChI is InChI=1S/C53H102O6/c1-5-7-9-11-13-15-17-18-19-20-21-22-23-24-26-28-33-37-41-45-52(55)58-48-50(59-53(56)46-42-38-34-30-29-31-35-39-43-49(3)4)47-57-51(54)44-40-36-32-27-25-16-14-12-10-8-6-2/h49-50H,5-48H2,1-4H3/t50-/m0/s1. The highest BCUT2D eigenvalue weighted by atomic mass is 16.6. The first-order chi connectivity index (χ1) is 28.9. The van der Waals surface area contributed by atoms with Gasteiger partial charge >= 0.3 is 17.9 Å². The second kappa shape index (κ2) is 47.5.